The molecule has 0 amide bonds. The largest absolute Gasteiger partial charge is 0.504 e. The van der Waals surface area contributed by atoms with E-state index in [1.54, 1.807) is 6.07 Å². The average molecular weight is 231 g/mol. The fourth-order valence-electron chi connectivity index (χ4n) is 0.812. The standard InChI is InChI=1S/C8H7BrO3/c1-12-7-3-2-5(8(9)11)4-6(7)10/h2-4,10H,1H3. The monoisotopic (exact) mass is 230 g/mol. The van der Waals surface area contributed by atoms with Gasteiger partial charge < -0.3 is 9.84 Å². The number of rotatable bonds is 2. The van der Waals surface area contributed by atoms with Crippen LogP contribution in [-0.4, -0.2) is 16.9 Å². The Balaban J connectivity index is 3.10. The third kappa shape index (κ3) is 1.76. The first kappa shape index (κ1) is 9.06. The average Bonchev–Trinajstić information content (AvgIpc) is 2.04. The van der Waals surface area contributed by atoms with Gasteiger partial charge in [-0.05, 0) is 34.1 Å². The van der Waals surface area contributed by atoms with Gasteiger partial charge in [-0.1, -0.05) is 0 Å². The van der Waals surface area contributed by atoms with Crippen LogP contribution in [0.4, 0.5) is 0 Å². The molecule has 1 rings (SSSR count). The van der Waals surface area contributed by atoms with Crippen LogP contribution in [-0.2, 0) is 0 Å². The first-order valence-electron chi connectivity index (χ1n) is 3.22. The topological polar surface area (TPSA) is 46.5 Å². The second-order valence-corrected chi connectivity index (χ2v) is 2.88. The first-order valence-corrected chi connectivity index (χ1v) is 4.01. The van der Waals surface area contributed by atoms with E-state index in [1.165, 1.54) is 19.2 Å². The molecule has 0 aliphatic carbocycles. The molecule has 0 aliphatic heterocycles. The van der Waals surface area contributed by atoms with Gasteiger partial charge in [0.15, 0.2) is 11.5 Å². The van der Waals surface area contributed by atoms with Crippen molar-refractivity contribution in [3.8, 4) is 11.5 Å². The van der Waals surface area contributed by atoms with Crippen molar-refractivity contribution in [3.63, 3.8) is 0 Å². The number of benzene rings is 1. The van der Waals surface area contributed by atoms with Crippen LogP contribution in [0.3, 0.4) is 0 Å². The van der Waals surface area contributed by atoms with E-state index >= 15 is 0 Å². The molecule has 0 bridgehead atoms. The second-order valence-electron chi connectivity index (χ2n) is 2.16. The van der Waals surface area contributed by atoms with Crippen LogP contribution >= 0.6 is 15.9 Å². The number of hydrogen-bond donors (Lipinski definition) is 1. The Kier molecular flexibility index (Phi) is 2.70. The molecule has 4 heteroatoms. The van der Waals surface area contributed by atoms with E-state index in [9.17, 15) is 9.90 Å². The van der Waals surface area contributed by atoms with Gasteiger partial charge in [0.05, 0.1) is 7.11 Å². The number of hydrogen-bond acceptors (Lipinski definition) is 3. The maximum atomic E-state index is 10.8. The van der Waals surface area contributed by atoms with E-state index in [-0.39, 0.29) is 10.4 Å². The zero-order valence-electron chi connectivity index (χ0n) is 6.37. The van der Waals surface area contributed by atoms with Crippen LogP contribution in [0.5, 0.6) is 11.5 Å². The van der Waals surface area contributed by atoms with Crippen LogP contribution in [0.2, 0.25) is 0 Å². The summed E-state index contributed by atoms with van der Waals surface area (Å²) in [6.07, 6.45) is 0. The van der Waals surface area contributed by atoms with Gasteiger partial charge in [-0.3, -0.25) is 4.79 Å². The number of carbonyl (C=O) groups is 1. The second kappa shape index (κ2) is 3.58. The molecule has 64 valence electrons. The van der Waals surface area contributed by atoms with E-state index in [0.717, 1.165) is 0 Å². The lowest BCUT2D eigenvalue weighted by atomic mass is 10.2. The lowest BCUT2D eigenvalue weighted by Crippen LogP contribution is -1.89. The Hall–Kier alpha value is -1.03. The molecule has 0 heterocycles. The molecule has 0 spiro atoms. The molecular formula is C8H7BrO3. The van der Waals surface area contributed by atoms with Gasteiger partial charge in [-0.2, -0.15) is 0 Å². The van der Waals surface area contributed by atoms with E-state index < -0.39 is 0 Å². The fourth-order valence-corrected chi connectivity index (χ4v) is 1.06. The van der Waals surface area contributed by atoms with E-state index in [4.69, 9.17) is 4.74 Å². The predicted octanol–water partition coefficient (Wildman–Crippen LogP) is 1.94. The van der Waals surface area contributed by atoms with Crippen LogP contribution in [0.15, 0.2) is 18.2 Å². The molecule has 0 saturated carbocycles. The predicted molar refractivity (Wildman–Crippen MR) is 47.9 cm³/mol. The summed E-state index contributed by atoms with van der Waals surface area (Å²) in [5.74, 6) is 0.315. The van der Waals surface area contributed by atoms with Crippen molar-refractivity contribution in [1.29, 1.82) is 0 Å². The third-order valence-corrected chi connectivity index (χ3v) is 1.86. The van der Waals surface area contributed by atoms with Gasteiger partial charge in [-0.25, -0.2) is 0 Å². The van der Waals surface area contributed by atoms with Gasteiger partial charge in [0.1, 0.15) is 0 Å². The number of phenols is 1. The quantitative estimate of drug-likeness (QED) is 0.791. The van der Waals surface area contributed by atoms with Gasteiger partial charge in [-0.15, -0.1) is 0 Å². The summed E-state index contributed by atoms with van der Waals surface area (Å²) in [7, 11) is 1.45. The maximum absolute atomic E-state index is 10.8. The van der Waals surface area contributed by atoms with Crippen molar-refractivity contribution in [2.45, 2.75) is 0 Å². The molecule has 0 atom stereocenters. The van der Waals surface area contributed by atoms with Crippen LogP contribution in [0, 0.1) is 0 Å². The summed E-state index contributed by atoms with van der Waals surface area (Å²) in [4.78, 5) is 10.8. The van der Waals surface area contributed by atoms with Crippen molar-refractivity contribution in [1.82, 2.24) is 0 Å². The summed E-state index contributed by atoms with van der Waals surface area (Å²) in [6.45, 7) is 0. The zero-order chi connectivity index (χ0) is 9.14. The molecule has 3 nitrogen and oxygen atoms in total. The third-order valence-electron chi connectivity index (χ3n) is 1.41. The molecule has 0 aromatic heterocycles. The van der Waals surface area contributed by atoms with Gasteiger partial charge >= 0.3 is 0 Å². The van der Waals surface area contributed by atoms with Gasteiger partial charge in [0.25, 0.3) is 0 Å². The zero-order valence-corrected chi connectivity index (χ0v) is 7.96. The number of aromatic hydroxyl groups is 1. The summed E-state index contributed by atoms with van der Waals surface area (Å²) >= 11 is 2.77. The number of ether oxygens (including phenoxy) is 1. The van der Waals surface area contributed by atoms with Gasteiger partial charge in [0, 0.05) is 5.56 Å². The lowest BCUT2D eigenvalue weighted by Gasteiger charge is -2.02. The Morgan fingerprint density at radius 3 is 2.67 bits per heavy atom. The minimum atomic E-state index is -0.263. The summed E-state index contributed by atoms with van der Waals surface area (Å²) in [6, 6.07) is 4.44. The molecular weight excluding hydrogens is 224 g/mol. The van der Waals surface area contributed by atoms with Crippen LogP contribution < -0.4 is 4.74 Å². The molecule has 0 radical (unpaired) electrons. The summed E-state index contributed by atoms with van der Waals surface area (Å²) < 4.78 is 4.54. The Bertz CT molecular complexity index is 309. The minimum Gasteiger partial charge on any atom is -0.504 e. The number of methoxy groups -OCH3 is 1. The molecule has 12 heavy (non-hydrogen) atoms. The maximum Gasteiger partial charge on any atom is 0.228 e. The highest BCUT2D eigenvalue weighted by atomic mass is 79.9. The number of phenolic OH excluding ortho intramolecular Hbond substituents is 1. The molecule has 1 N–H and O–H groups in total. The van der Waals surface area contributed by atoms with E-state index in [2.05, 4.69) is 15.9 Å². The van der Waals surface area contributed by atoms with Crippen molar-refractivity contribution in [3.05, 3.63) is 23.8 Å². The molecule has 1 aromatic carbocycles. The van der Waals surface area contributed by atoms with E-state index in [0.29, 0.717) is 11.3 Å². The van der Waals surface area contributed by atoms with Crippen molar-refractivity contribution in [2.24, 2.45) is 0 Å². The van der Waals surface area contributed by atoms with Crippen LogP contribution in [0.1, 0.15) is 10.4 Å². The number of halogens is 1. The highest BCUT2D eigenvalue weighted by Crippen LogP contribution is 2.26. The molecule has 0 fully saturated rings. The van der Waals surface area contributed by atoms with Crippen LogP contribution in [0.25, 0.3) is 0 Å². The Labute approximate surface area is 78.1 Å². The normalized spacial score (nSPS) is 9.50. The Morgan fingerprint density at radius 1 is 1.58 bits per heavy atom. The minimum absolute atomic E-state index is 0.0391. The highest BCUT2D eigenvalue weighted by molar-refractivity contribution is 9.18. The lowest BCUT2D eigenvalue weighted by molar-refractivity contribution is 0.109. The molecule has 1 aromatic rings. The summed E-state index contributed by atoms with van der Waals surface area (Å²) in [5.41, 5.74) is 0.397. The molecule has 0 aliphatic rings. The Morgan fingerprint density at radius 2 is 2.25 bits per heavy atom. The fraction of sp³-hybridized carbons (Fsp3) is 0.125. The van der Waals surface area contributed by atoms with Crippen molar-refractivity contribution >= 4 is 20.6 Å². The van der Waals surface area contributed by atoms with Crippen molar-refractivity contribution < 1.29 is 14.6 Å². The molecule has 0 saturated heterocycles. The highest BCUT2D eigenvalue weighted by Gasteiger charge is 2.05. The van der Waals surface area contributed by atoms with E-state index in [1.807, 2.05) is 0 Å². The van der Waals surface area contributed by atoms with Gasteiger partial charge in [0.2, 0.25) is 4.69 Å². The molecule has 0 unspecified atom stereocenters. The first-order chi connectivity index (χ1) is 5.65. The SMILES string of the molecule is COc1ccc(C(=O)Br)cc1O. The van der Waals surface area contributed by atoms with Crippen molar-refractivity contribution in [2.75, 3.05) is 7.11 Å². The smallest absolute Gasteiger partial charge is 0.228 e. The number of carbonyl (C=O) groups excluding carboxylic acids is 1. The summed E-state index contributed by atoms with van der Waals surface area (Å²) in [5, 5.41) is 9.24.